The molecule has 0 radical (unpaired) electrons. The minimum Gasteiger partial charge on any atom is -0.303 e. The van der Waals surface area contributed by atoms with Crippen molar-refractivity contribution in [2.24, 2.45) is 22.7 Å². The van der Waals surface area contributed by atoms with Crippen molar-refractivity contribution in [2.75, 3.05) is 19.6 Å². The van der Waals surface area contributed by atoms with Gasteiger partial charge in [0.25, 0.3) is 0 Å². The molecule has 17 heavy (non-hydrogen) atoms. The van der Waals surface area contributed by atoms with Gasteiger partial charge in [-0.2, -0.15) is 0 Å². The molecule has 0 saturated heterocycles. The summed E-state index contributed by atoms with van der Waals surface area (Å²) in [6.45, 7) is 14.3. The van der Waals surface area contributed by atoms with Gasteiger partial charge >= 0.3 is 0 Å². The van der Waals surface area contributed by atoms with E-state index < -0.39 is 0 Å². The standard InChI is InChI=1S/C15H27NO/c1-6-16(7-2)10-11-12-8-9-15(5,13(11)17)14(12,3)4/h11-12H,6-10H2,1-5H3/t11-,12-,15-/m1/s1. The number of fused-ring (bicyclic) bond motifs is 2. The molecule has 2 nitrogen and oxygen atoms in total. The van der Waals surface area contributed by atoms with E-state index in [4.69, 9.17) is 0 Å². The van der Waals surface area contributed by atoms with Crippen molar-refractivity contribution in [1.29, 1.82) is 0 Å². The summed E-state index contributed by atoms with van der Waals surface area (Å²) in [6, 6.07) is 0. The molecule has 2 rings (SSSR count). The predicted octanol–water partition coefficient (Wildman–Crippen LogP) is 2.97. The topological polar surface area (TPSA) is 20.3 Å². The van der Waals surface area contributed by atoms with Crippen LogP contribution in [0.4, 0.5) is 0 Å². The lowest BCUT2D eigenvalue weighted by molar-refractivity contribution is -0.132. The van der Waals surface area contributed by atoms with Crippen LogP contribution < -0.4 is 0 Å². The van der Waals surface area contributed by atoms with E-state index in [1.54, 1.807) is 0 Å². The fourth-order valence-electron chi connectivity index (χ4n) is 4.24. The summed E-state index contributed by atoms with van der Waals surface area (Å²) >= 11 is 0. The summed E-state index contributed by atoms with van der Waals surface area (Å²) in [5.41, 5.74) is 0.164. The maximum absolute atomic E-state index is 12.6. The quantitative estimate of drug-likeness (QED) is 0.749. The number of Topliss-reactive ketones (excluding diaryl/α,β-unsaturated/α-hetero) is 1. The summed E-state index contributed by atoms with van der Waals surface area (Å²) < 4.78 is 0. The van der Waals surface area contributed by atoms with Crippen molar-refractivity contribution in [2.45, 2.75) is 47.5 Å². The number of ketones is 1. The van der Waals surface area contributed by atoms with E-state index >= 15 is 0 Å². The molecule has 2 aliphatic rings. The van der Waals surface area contributed by atoms with Gasteiger partial charge in [-0.25, -0.2) is 0 Å². The number of carbonyl (C=O) groups excluding carboxylic acids is 1. The van der Waals surface area contributed by atoms with Crippen LogP contribution in [0.3, 0.4) is 0 Å². The van der Waals surface area contributed by atoms with Crippen LogP contribution in [0.15, 0.2) is 0 Å². The third-order valence-electron chi connectivity index (χ3n) is 6.02. The van der Waals surface area contributed by atoms with Crippen molar-refractivity contribution in [3.63, 3.8) is 0 Å². The highest BCUT2D eigenvalue weighted by atomic mass is 16.1. The highest BCUT2D eigenvalue weighted by Crippen LogP contribution is 2.65. The van der Waals surface area contributed by atoms with Crippen LogP contribution in [0, 0.1) is 22.7 Å². The zero-order chi connectivity index (χ0) is 12.8. The third-order valence-corrected chi connectivity index (χ3v) is 6.02. The molecule has 0 unspecified atom stereocenters. The van der Waals surface area contributed by atoms with Gasteiger partial charge in [0.1, 0.15) is 5.78 Å². The Morgan fingerprint density at radius 1 is 1.24 bits per heavy atom. The van der Waals surface area contributed by atoms with E-state index in [9.17, 15) is 4.79 Å². The van der Waals surface area contributed by atoms with E-state index in [1.807, 2.05) is 0 Å². The van der Waals surface area contributed by atoms with Crippen LogP contribution in [0.2, 0.25) is 0 Å². The first kappa shape index (κ1) is 13.1. The maximum atomic E-state index is 12.6. The predicted molar refractivity (Wildman–Crippen MR) is 70.9 cm³/mol. The van der Waals surface area contributed by atoms with Gasteiger partial charge in [0.05, 0.1) is 0 Å². The Balaban J connectivity index is 2.20. The Kier molecular flexibility index (Phi) is 3.14. The molecular formula is C15H27NO. The Morgan fingerprint density at radius 2 is 1.82 bits per heavy atom. The zero-order valence-corrected chi connectivity index (χ0v) is 12.0. The fourth-order valence-corrected chi connectivity index (χ4v) is 4.24. The molecule has 2 saturated carbocycles. The minimum absolute atomic E-state index is 0.0461. The molecule has 2 aliphatic carbocycles. The first-order valence-corrected chi connectivity index (χ1v) is 7.15. The molecular weight excluding hydrogens is 210 g/mol. The Hall–Kier alpha value is -0.370. The van der Waals surface area contributed by atoms with Gasteiger partial charge in [-0.15, -0.1) is 0 Å². The van der Waals surface area contributed by atoms with Gasteiger partial charge in [0, 0.05) is 17.9 Å². The molecule has 0 aromatic heterocycles. The van der Waals surface area contributed by atoms with Crippen molar-refractivity contribution < 1.29 is 4.79 Å². The number of carbonyl (C=O) groups is 1. The number of hydrogen-bond donors (Lipinski definition) is 0. The molecule has 3 atom stereocenters. The summed E-state index contributed by atoms with van der Waals surface area (Å²) in [5.74, 6) is 1.45. The SMILES string of the molecule is CCN(CC)C[C@H]1C(=O)[C@@]2(C)CC[C@H]1C2(C)C. The normalized spacial score (nSPS) is 39.3. The van der Waals surface area contributed by atoms with Crippen molar-refractivity contribution >= 4 is 5.78 Å². The van der Waals surface area contributed by atoms with Crippen LogP contribution in [0.25, 0.3) is 0 Å². The number of nitrogens with zero attached hydrogens (tertiary/aromatic N) is 1. The van der Waals surface area contributed by atoms with Crippen LogP contribution >= 0.6 is 0 Å². The number of rotatable bonds is 4. The Bertz CT molecular complexity index is 319. The molecule has 0 aromatic rings. The van der Waals surface area contributed by atoms with E-state index in [1.165, 1.54) is 6.42 Å². The lowest BCUT2D eigenvalue weighted by Gasteiger charge is -2.32. The monoisotopic (exact) mass is 237 g/mol. The number of hydrogen-bond acceptors (Lipinski definition) is 2. The van der Waals surface area contributed by atoms with E-state index in [-0.39, 0.29) is 10.8 Å². The van der Waals surface area contributed by atoms with Gasteiger partial charge < -0.3 is 4.90 Å². The molecule has 2 fully saturated rings. The summed E-state index contributed by atoms with van der Waals surface area (Å²) in [5, 5.41) is 0. The van der Waals surface area contributed by atoms with Crippen LogP contribution in [0.5, 0.6) is 0 Å². The second kappa shape index (κ2) is 4.08. The van der Waals surface area contributed by atoms with E-state index in [2.05, 4.69) is 39.5 Å². The van der Waals surface area contributed by atoms with Crippen LogP contribution in [-0.4, -0.2) is 30.3 Å². The van der Waals surface area contributed by atoms with Gasteiger partial charge in [-0.05, 0) is 37.3 Å². The van der Waals surface area contributed by atoms with Gasteiger partial charge in [0.15, 0.2) is 0 Å². The summed E-state index contributed by atoms with van der Waals surface area (Å²) in [4.78, 5) is 15.1. The molecule has 98 valence electrons. The van der Waals surface area contributed by atoms with Gasteiger partial charge in [-0.1, -0.05) is 34.6 Å². The van der Waals surface area contributed by atoms with Crippen molar-refractivity contribution in [1.82, 2.24) is 4.90 Å². The molecule has 2 heteroatoms. The molecule has 0 heterocycles. The Morgan fingerprint density at radius 3 is 2.24 bits per heavy atom. The second-order valence-electron chi connectivity index (χ2n) is 6.66. The van der Waals surface area contributed by atoms with Crippen LogP contribution in [0.1, 0.15) is 47.5 Å². The molecule has 0 spiro atoms. The van der Waals surface area contributed by atoms with Crippen molar-refractivity contribution in [3.8, 4) is 0 Å². The van der Waals surface area contributed by atoms with E-state index in [0.29, 0.717) is 17.6 Å². The maximum Gasteiger partial charge on any atom is 0.143 e. The molecule has 0 aliphatic heterocycles. The first-order valence-electron chi connectivity index (χ1n) is 7.15. The average molecular weight is 237 g/mol. The molecule has 0 N–H and O–H groups in total. The summed E-state index contributed by atoms with van der Waals surface area (Å²) in [6.07, 6.45) is 2.36. The molecule has 0 amide bonds. The molecule has 0 aromatic carbocycles. The second-order valence-corrected chi connectivity index (χ2v) is 6.66. The zero-order valence-electron chi connectivity index (χ0n) is 12.0. The van der Waals surface area contributed by atoms with Gasteiger partial charge in [-0.3, -0.25) is 4.79 Å². The first-order chi connectivity index (χ1) is 7.88. The van der Waals surface area contributed by atoms with Crippen molar-refractivity contribution in [3.05, 3.63) is 0 Å². The summed E-state index contributed by atoms with van der Waals surface area (Å²) in [7, 11) is 0. The minimum atomic E-state index is -0.0461. The lowest BCUT2D eigenvalue weighted by Crippen LogP contribution is -2.38. The fraction of sp³-hybridized carbons (Fsp3) is 0.933. The largest absolute Gasteiger partial charge is 0.303 e. The highest BCUT2D eigenvalue weighted by molar-refractivity contribution is 5.91. The Labute approximate surface area is 106 Å². The van der Waals surface area contributed by atoms with Crippen LogP contribution in [-0.2, 0) is 4.79 Å². The highest BCUT2D eigenvalue weighted by Gasteiger charge is 2.65. The average Bonchev–Trinajstić information content (AvgIpc) is 2.59. The third kappa shape index (κ3) is 1.60. The smallest absolute Gasteiger partial charge is 0.143 e. The van der Waals surface area contributed by atoms with Gasteiger partial charge in [0.2, 0.25) is 0 Å². The van der Waals surface area contributed by atoms with E-state index in [0.717, 1.165) is 26.1 Å². The lowest BCUT2D eigenvalue weighted by atomic mass is 9.70. The molecule has 2 bridgehead atoms.